The molecule has 2 amide bonds. The smallest absolute Gasteiger partial charge is 0.339 e. The molecule has 0 saturated carbocycles. The molecule has 0 spiro atoms. The molecule has 2 aliphatic heterocycles. The van der Waals surface area contributed by atoms with E-state index in [-0.39, 0.29) is 30.1 Å². The van der Waals surface area contributed by atoms with Gasteiger partial charge in [-0.05, 0) is 36.8 Å². The molecule has 2 N–H and O–H groups in total. The van der Waals surface area contributed by atoms with E-state index < -0.39 is 23.3 Å². The van der Waals surface area contributed by atoms with E-state index in [2.05, 4.69) is 15.5 Å². The van der Waals surface area contributed by atoms with Crippen molar-refractivity contribution in [1.29, 1.82) is 0 Å². The molecule has 33 heavy (non-hydrogen) atoms. The minimum absolute atomic E-state index is 0.0316. The lowest BCUT2D eigenvalue weighted by molar-refractivity contribution is -0.134. The van der Waals surface area contributed by atoms with E-state index in [1.54, 1.807) is 24.3 Å². The van der Waals surface area contributed by atoms with E-state index in [1.807, 2.05) is 0 Å². The van der Waals surface area contributed by atoms with Gasteiger partial charge in [0.1, 0.15) is 5.82 Å². The van der Waals surface area contributed by atoms with Crippen LogP contribution in [0.5, 0.6) is 0 Å². The molecule has 1 fully saturated rings. The molecule has 1 saturated heterocycles. The zero-order valence-electron chi connectivity index (χ0n) is 18.4. The maximum atomic E-state index is 14.3. The Bertz CT molecular complexity index is 1070. The van der Waals surface area contributed by atoms with E-state index in [4.69, 9.17) is 9.47 Å². The molecule has 0 bridgehead atoms. The molecule has 0 radical (unpaired) electrons. The van der Waals surface area contributed by atoms with Crippen molar-refractivity contribution < 1.29 is 28.2 Å². The molecule has 0 aromatic heterocycles. The number of ether oxygens (including phenoxy) is 2. The minimum atomic E-state index is -1.42. The van der Waals surface area contributed by atoms with Gasteiger partial charge >= 0.3 is 5.97 Å². The summed E-state index contributed by atoms with van der Waals surface area (Å²) in [5.74, 6) is -2.05. The van der Waals surface area contributed by atoms with Crippen molar-refractivity contribution >= 4 is 29.2 Å². The first-order valence-electron chi connectivity index (χ1n) is 10.9. The summed E-state index contributed by atoms with van der Waals surface area (Å²) in [4.78, 5) is 39.7. The third kappa shape index (κ3) is 5.37. The van der Waals surface area contributed by atoms with Gasteiger partial charge in [0.15, 0.2) is 5.60 Å². The molecule has 2 heterocycles. The second kappa shape index (κ2) is 9.68. The Morgan fingerprint density at radius 1 is 1.12 bits per heavy atom. The number of esters is 1. The number of cyclic esters (lactones) is 1. The number of nitrogens with one attached hydrogen (secondary N) is 2. The van der Waals surface area contributed by atoms with Crippen LogP contribution in [0.25, 0.3) is 0 Å². The van der Waals surface area contributed by atoms with Crippen LogP contribution in [0.1, 0.15) is 29.3 Å². The Balaban J connectivity index is 1.39. The van der Waals surface area contributed by atoms with E-state index >= 15 is 0 Å². The number of benzene rings is 2. The lowest BCUT2D eigenvalue weighted by Gasteiger charge is -2.33. The van der Waals surface area contributed by atoms with Crippen LogP contribution in [0, 0.1) is 5.82 Å². The largest absolute Gasteiger partial charge is 0.445 e. The maximum absolute atomic E-state index is 14.3. The number of amides is 2. The van der Waals surface area contributed by atoms with Crippen LogP contribution in [-0.2, 0) is 25.5 Å². The highest BCUT2D eigenvalue weighted by molar-refractivity contribution is 6.03. The fraction of sp³-hybridized carbons (Fsp3) is 0.375. The second-order valence-electron chi connectivity index (χ2n) is 8.36. The molecule has 2 aromatic rings. The van der Waals surface area contributed by atoms with Gasteiger partial charge in [-0.3, -0.25) is 14.5 Å². The van der Waals surface area contributed by atoms with Crippen molar-refractivity contribution in [2.24, 2.45) is 0 Å². The first-order chi connectivity index (χ1) is 15.8. The Labute approximate surface area is 191 Å². The highest BCUT2D eigenvalue weighted by atomic mass is 19.1. The van der Waals surface area contributed by atoms with Crippen molar-refractivity contribution in [2.75, 3.05) is 43.5 Å². The average Bonchev–Trinajstić information content (AvgIpc) is 2.80. The van der Waals surface area contributed by atoms with Gasteiger partial charge in [-0.25, -0.2) is 9.18 Å². The number of fused-ring (bicyclic) bond motifs is 1. The number of carbonyl (C=O) groups excluding carboxylic acids is 3. The average molecular weight is 455 g/mol. The number of nitrogens with zero attached hydrogens (tertiary/aromatic N) is 1. The van der Waals surface area contributed by atoms with Crippen LogP contribution in [0.15, 0.2) is 42.5 Å². The van der Waals surface area contributed by atoms with Gasteiger partial charge in [0.2, 0.25) is 5.91 Å². The highest BCUT2D eigenvalue weighted by Crippen LogP contribution is 2.30. The van der Waals surface area contributed by atoms with Gasteiger partial charge in [-0.15, -0.1) is 0 Å². The Hall–Kier alpha value is -3.30. The third-order valence-electron chi connectivity index (χ3n) is 5.82. The molecule has 8 nitrogen and oxygen atoms in total. The molecular weight excluding hydrogens is 429 g/mol. The van der Waals surface area contributed by atoms with Crippen molar-refractivity contribution in [3.05, 3.63) is 59.4 Å². The van der Waals surface area contributed by atoms with Gasteiger partial charge in [0.05, 0.1) is 24.5 Å². The van der Waals surface area contributed by atoms with Gasteiger partial charge < -0.3 is 20.1 Å². The van der Waals surface area contributed by atoms with Crippen LogP contribution >= 0.6 is 0 Å². The molecular formula is C24H26FN3O5. The lowest BCUT2D eigenvalue weighted by Crippen LogP contribution is -2.48. The van der Waals surface area contributed by atoms with E-state index in [0.29, 0.717) is 25.3 Å². The van der Waals surface area contributed by atoms with Crippen LogP contribution in [0.4, 0.5) is 15.8 Å². The molecule has 0 aliphatic carbocycles. The van der Waals surface area contributed by atoms with Gasteiger partial charge in [0, 0.05) is 38.2 Å². The zero-order valence-corrected chi connectivity index (χ0v) is 18.4. The molecule has 174 valence electrons. The fourth-order valence-electron chi connectivity index (χ4n) is 3.92. The van der Waals surface area contributed by atoms with Gasteiger partial charge in [-0.1, -0.05) is 18.2 Å². The summed E-state index contributed by atoms with van der Waals surface area (Å²) in [7, 11) is 0. The molecule has 1 atom stereocenters. The maximum Gasteiger partial charge on any atom is 0.339 e. The number of rotatable bonds is 6. The predicted molar refractivity (Wildman–Crippen MR) is 120 cm³/mol. The van der Waals surface area contributed by atoms with E-state index in [0.717, 1.165) is 24.7 Å². The molecule has 2 aliphatic rings. The minimum Gasteiger partial charge on any atom is -0.445 e. The van der Waals surface area contributed by atoms with Gasteiger partial charge in [0.25, 0.3) is 5.91 Å². The summed E-state index contributed by atoms with van der Waals surface area (Å²) in [6.45, 7) is 4.88. The molecule has 1 unspecified atom stereocenters. The first-order valence-corrected chi connectivity index (χ1v) is 10.9. The second-order valence-corrected chi connectivity index (χ2v) is 8.36. The zero-order chi connectivity index (χ0) is 23.4. The highest BCUT2D eigenvalue weighted by Gasteiger charge is 2.42. The van der Waals surface area contributed by atoms with Crippen LogP contribution < -0.4 is 10.6 Å². The van der Waals surface area contributed by atoms with Crippen LogP contribution in [-0.4, -0.2) is 61.1 Å². The van der Waals surface area contributed by atoms with E-state index in [9.17, 15) is 18.8 Å². The van der Waals surface area contributed by atoms with Crippen LogP contribution in [0.3, 0.4) is 0 Å². The number of carbonyl (C=O) groups is 3. The number of halogens is 1. The lowest BCUT2D eigenvalue weighted by atomic mass is 9.89. The molecule has 2 aromatic carbocycles. The Kier molecular flexibility index (Phi) is 6.71. The summed E-state index contributed by atoms with van der Waals surface area (Å²) in [5, 5.41) is 5.24. The number of hydrogen-bond acceptors (Lipinski definition) is 6. The van der Waals surface area contributed by atoms with Crippen molar-refractivity contribution in [2.45, 2.75) is 25.4 Å². The first kappa shape index (κ1) is 22.9. The quantitative estimate of drug-likeness (QED) is 0.650. The number of anilines is 2. The number of hydrogen-bond donors (Lipinski definition) is 2. The summed E-state index contributed by atoms with van der Waals surface area (Å²) in [6, 6.07) is 10.9. The normalized spacial score (nSPS) is 20.5. The summed E-state index contributed by atoms with van der Waals surface area (Å²) >= 11 is 0. The molecule has 4 rings (SSSR count). The van der Waals surface area contributed by atoms with Crippen LogP contribution in [0.2, 0.25) is 0 Å². The topological polar surface area (TPSA) is 97.0 Å². The number of morpholine rings is 1. The Morgan fingerprint density at radius 2 is 1.88 bits per heavy atom. The fourth-order valence-corrected chi connectivity index (χ4v) is 3.92. The van der Waals surface area contributed by atoms with Crippen molar-refractivity contribution in [3.63, 3.8) is 0 Å². The summed E-state index contributed by atoms with van der Waals surface area (Å²) < 4.78 is 25.0. The monoisotopic (exact) mass is 455 g/mol. The van der Waals surface area contributed by atoms with E-state index in [1.165, 1.54) is 19.1 Å². The van der Waals surface area contributed by atoms with Gasteiger partial charge in [-0.2, -0.15) is 0 Å². The van der Waals surface area contributed by atoms with Crippen molar-refractivity contribution in [1.82, 2.24) is 4.90 Å². The predicted octanol–water partition coefficient (Wildman–Crippen LogP) is 2.60. The Morgan fingerprint density at radius 3 is 2.67 bits per heavy atom. The third-order valence-corrected chi connectivity index (χ3v) is 5.82. The molecule has 9 heteroatoms. The van der Waals surface area contributed by atoms with Crippen molar-refractivity contribution in [3.8, 4) is 0 Å². The SMILES string of the molecule is CC1(C(=O)Nc2ccc(F)c(NC(=O)CCN3CCOCC3)c2)Cc2ccccc2C(=O)O1. The summed E-state index contributed by atoms with van der Waals surface area (Å²) in [6.07, 6.45) is 0.427. The standard InChI is InChI=1S/C24H26FN3O5/c1-24(15-16-4-2-3-5-18(16)22(30)33-24)23(31)26-17-6-7-19(25)20(14-17)27-21(29)8-9-28-10-12-32-13-11-28/h2-7,14H,8-13,15H2,1H3,(H,26,31)(H,27,29). The summed E-state index contributed by atoms with van der Waals surface area (Å²) in [5.41, 5.74) is -0.0104.